The summed E-state index contributed by atoms with van der Waals surface area (Å²) in [5, 5.41) is 0. The Morgan fingerprint density at radius 2 is 1.70 bits per heavy atom. The third kappa shape index (κ3) is 5.09. The second-order valence-electron chi connectivity index (χ2n) is 6.91. The Hall–Kier alpha value is -1.89. The molecule has 2 aromatic rings. The number of benzene rings is 2. The molecule has 5 nitrogen and oxygen atoms in total. The zero-order chi connectivity index (χ0) is 19.3. The summed E-state index contributed by atoms with van der Waals surface area (Å²) >= 11 is 0. The lowest BCUT2D eigenvalue weighted by Crippen LogP contribution is -2.49. The van der Waals surface area contributed by atoms with Crippen molar-refractivity contribution in [2.45, 2.75) is 25.2 Å². The van der Waals surface area contributed by atoms with Crippen LogP contribution in [0.3, 0.4) is 0 Å². The molecule has 0 atom stereocenters. The number of rotatable bonds is 7. The van der Waals surface area contributed by atoms with Crippen LogP contribution in [-0.2, 0) is 16.4 Å². The number of hydrogen-bond acceptors (Lipinski definition) is 4. The van der Waals surface area contributed by atoms with Gasteiger partial charge in [0.15, 0.2) is 0 Å². The van der Waals surface area contributed by atoms with Gasteiger partial charge in [0.25, 0.3) is 0 Å². The predicted molar refractivity (Wildman–Crippen MR) is 108 cm³/mol. The van der Waals surface area contributed by atoms with Crippen LogP contribution in [0.2, 0.25) is 0 Å². The van der Waals surface area contributed by atoms with E-state index < -0.39 is 10.0 Å². The van der Waals surface area contributed by atoms with Gasteiger partial charge in [0.1, 0.15) is 12.4 Å². The van der Waals surface area contributed by atoms with Gasteiger partial charge in [0.2, 0.25) is 10.0 Å². The molecule has 1 aliphatic rings. The minimum absolute atomic E-state index is 0.385. The highest BCUT2D eigenvalue weighted by Crippen LogP contribution is 2.19. The molecule has 2 aromatic carbocycles. The maximum Gasteiger partial charge on any atom is 0.243 e. The van der Waals surface area contributed by atoms with Gasteiger partial charge >= 0.3 is 0 Å². The van der Waals surface area contributed by atoms with Crippen molar-refractivity contribution in [1.29, 1.82) is 0 Å². The molecule has 1 fully saturated rings. The third-order valence-electron chi connectivity index (χ3n) is 4.97. The molecule has 0 bridgehead atoms. The van der Waals surface area contributed by atoms with E-state index in [0.717, 1.165) is 37.4 Å². The average molecular weight is 389 g/mol. The van der Waals surface area contributed by atoms with Gasteiger partial charge in [0.05, 0.1) is 4.90 Å². The van der Waals surface area contributed by atoms with Gasteiger partial charge < -0.3 is 4.74 Å². The van der Waals surface area contributed by atoms with Crippen molar-refractivity contribution in [2.75, 3.05) is 39.3 Å². The van der Waals surface area contributed by atoms with Crippen LogP contribution in [0, 0.1) is 6.92 Å². The van der Waals surface area contributed by atoms with Crippen LogP contribution in [0.1, 0.15) is 18.1 Å². The molecule has 0 radical (unpaired) electrons. The molecule has 0 aromatic heterocycles. The average Bonchev–Trinajstić information content (AvgIpc) is 2.68. The molecule has 1 heterocycles. The van der Waals surface area contributed by atoms with E-state index >= 15 is 0 Å². The van der Waals surface area contributed by atoms with Crippen LogP contribution < -0.4 is 4.74 Å². The molecule has 1 aliphatic heterocycles. The fourth-order valence-electron chi connectivity index (χ4n) is 3.24. The first-order chi connectivity index (χ1) is 13.0. The molecule has 0 N–H and O–H groups in total. The van der Waals surface area contributed by atoms with Crippen molar-refractivity contribution in [2.24, 2.45) is 0 Å². The summed E-state index contributed by atoms with van der Waals surface area (Å²) in [6.07, 6.45) is 0.906. The summed E-state index contributed by atoms with van der Waals surface area (Å²) in [6, 6.07) is 15.2. The van der Waals surface area contributed by atoms with Crippen LogP contribution >= 0.6 is 0 Å². The summed E-state index contributed by atoms with van der Waals surface area (Å²) in [5.41, 5.74) is 2.32. The summed E-state index contributed by atoms with van der Waals surface area (Å²) < 4.78 is 33.0. The van der Waals surface area contributed by atoms with E-state index in [1.54, 1.807) is 16.4 Å². The monoisotopic (exact) mass is 388 g/mol. The first-order valence-corrected chi connectivity index (χ1v) is 10.9. The number of sulfonamides is 1. The van der Waals surface area contributed by atoms with Crippen LogP contribution in [0.5, 0.6) is 5.75 Å². The fourth-order valence-corrected chi connectivity index (χ4v) is 4.66. The molecule has 0 unspecified atom stereocenters. The summed E-state index contributed by atoms with van der Waals surface area (Å²) in [7, 11) is -3.40. The Morgan fingerprint density at radius 1 is 1.00 bits per heavy atom. The van der Waals surface area contributed by atoms with Gasteiger partial charge in [0, 0.05) is 32.7 Å². The van der Waals surface area contributed by atoms with E-state index in [9.17, 15) is 8.42 Å². The second-order valence-corrected chi connectivity index (χ2v) is 8.85. The molecular weight excluding hydrogens is 360 g/mol. The minimum atomic E-state index is -3.40. The Balaban J connectivity index is 1.49. The van der Waals surface area contributed by atoms with E-state index in [1.165, 1.54) is 5.56 Å². The molecule has 1 saturated heterocycles. The van der Waals surface area contributed by atoms with Gasteiger partial charge in [-0.3, -0.25) is 4.90 Å². The highest BCUT2D eigenvalue weighted by Gasteiger charge is 2.28. The summed E-state index contributed by atoms with van der Waals surface area (Å²) in [5.74, 6) is 0.881. The number of nitrogens with zero attached hydrogens (tertiary/aromatic N) is 2. The van der Waals surface area contributed by atoms with E-state index in [0.29, 0.717) is 24.6 Å². The van der Waals surface area contributed by atoms with Gasteiger partial charge in [-0.05, 0) is 48.7 Å². The standard InChI is InChI=1S/C21H28N2O3S/c1-3-19-7-9-21(10-8-19)27(24,25)23-13-11-22(12-14-23)15-16-26-20-6-4-5-18(2)17-20/h4-10,17H,3,11-16H2,1-2H3. The third-order valence-corrected chi connectivity index (χ3v) is 6.88. The Bertz CT molecular complexity index is 842. The zero-order valence-corrected chi connectivity index (χ0v) is 16.9. The number of ether oxygens (including phenoxy) is 1. The van der Waals surface area contributed by atoms with Crippen LogP contribution in [0.4, 0.5) is 0 Å². The fraction of sp³-hybridized carbons (Fsp3) is 0.429. The molecular formula is C21H28N2O3S. The van der Waals surface area contributed by atoms with Crippen molar-refractivity contribution < 1.29 is 13.2 Å². The number of hydrogen-bond donors (Lipinski definition) is 0. The Labute approximate surface area is 162 Å². The normalized spacial score (nSPS) is 16.4. The maximum atomic E-state index is 12.8. The molecule has 146 valence electrons. The Morgan fingerprint density at radius 3 is 2.33 bits per heavy atom. The molecule has 0 amide bonds. The zero-order valence-electron chi connectivity index (χ0n) is 16.1. The van der Waals surface area contributed by atoms with Gasteiger partial charge in [-0.1, -0.05) is 31.2 Å². The van der Waals surface area contributed by atoms with Gasteiger partial charge in [-0.15, -0.1) is 0 Å². The van der Waals surface area contributed by atoms with E-state index in [1.807, 2.05) is 43.3 Å². The molecule has 6 heteroatoms. The summed E-state index contributed by atoms with van der Waals surface area (Å²) in [4.78, 5) is 2.64. The highest BCUT2D eigenvalue weighted by atomic mass is 32.2. The molecule has 0 saturated carbocycles. The molecule has 27 heavy (non-hydrogen) atoms. The van der Waals surface area contributed by atoms with Gasteiger partial charge in [-0.2, -0.15) is 4.31 Å². The smallest absolute Gasteiger partial charge is 0.243 e. The van der Waals surface area contributed by atoms with Crippen LogP contribution in [-0.4, -0.2) is 57.0 Å². The van der Waals surface area contributed by atoms with E-state index in [2.05, 4.69) is 11.8 Å². The number of piperazine rings is 1. The molecule has 0 spiro atoms. The van der Waals surface area contributed by atoms with Crippen LogP contribution in [0.15, 0.2) is 53.4 Å². The molecule has 0 aliphatic carbocycles. The van der Waals surface area contributed by atoms with Crippen molar-refractivity contribution in [3.63, 3.8) is 0 Å². The first kappa shape index (κ1) is 19.9. The van der Waals surface area contributed by atoms with E-state index in [-0.39, 0.29) is 0 Å². The van der Waals surface area contributed by atoms with Gasteiger partial charge in [-0.25, -0.2) is 8.42 Å². The molecule has 3 rings (SSSR count). The largest absolute Gasteiger partial charge is 0.492 e. The predicted octanol–water partition coefficient (Wildman–Crippen LogP) is 2.94. The number of aryl methyl sites for hydroxylation is 2. The summed E-state index contributed by atoms with van der Waals surface area (Å²) in [6.45, 7) is 7.99. The van der Waals surface area contributed by atoms with Crippen LogP contribution in [0.25, 0.3) is 0 Å². The SMILES string of the molecule is CCc1ccc(S(=O)(=O)N2CCN(CCOc3cccc(C)c3)CC2)cc1. The second kappa shape index (κ2) is 8.87. The van der Waals surface area contributed by atoms with Crippen molar-refractivity contribution in [3.8, 4) is 5.75 Å². The topological polar surface area (TPSA) is 49.9 Å². The van der Waals surface area contributed by atoms with Crippen molar-refractivity contribution in [1.82, 2.24) is 9.21 Å². The first-order valence-electron chi connectivity index (χ1n) is 9.50. The minimum Gasteiger partial charge on any atom is -0.492 e. The lowest BCUT2D eigenvalue weighted by atomic mass is 10.2. The lowest BCUT2D eigenvalue weighted by Gasteiger charge is -2.33. The van der Waals surface area contributed by atoms with E-state index in [4.69, 9.17) is 4.74 Å². The lowest BCUT2D eigenvalue weighted by molar-refractivity contribution is 0.159. The van der Waals surface area contributed by atoms with Crippen molar-refractivity contribution in [3.05, 3.63) is 59.7 Å². The quantitative estimate of drug-likeness (QED) is 0.732. The van der Waals surface area contributed by atoms with Crippen molar-refractivity contribution >= 4 is 10.0 Å². The highest BCUT2D eigenvalue weighted by molar-refractivity contribution is 7.89. The Kier molecular flexibility index (Phi) is 6.52. The maximum absolute atomic E-state index is 12.8.